The van der Waals surface area contributed by atoms with Crippen LogP contribution in [0.2, 0.25) is 0 Å². The molecule has 174 valence electrons. The zero-order valence-corrected chi connectivity index (χ0v) is 19.4. The molecule has 0 N–H and O–H groups in total. The first kappa shape index (κ1) is 23.0. The second-order valence-electron chi connectivity index (χ2n) is 8.65. The zero-order valence-electron chi connectivity index (χ0n) is 18.6. The molecule has 1 aliphatic heterocycles. The normalized spacial score (nSPS) is 18.3. The van der Waals surface area contributed by atoms with Gasteiger partial charge in [0.1, 0.15) is 17.3 Å². The smallest absolute Gasteiger partial charge is 0.316 e. The first-order valence-electron chi connectivity index (χ1n) is 11.3. The number of piperazine rings is 1. The van der Waals surface area contributed by atoms with Crippen LogP contribution in [-0.2, 0) is 0 Å². The second kappa shape index (κ2) is 10.2. The maximum absolute atomic E-state index is 13.8. The molecular formula is C23H30F2N4O2S. The zero-order chi connectivity index (χ0) is 22.7. The molecule has 0 radical (unpaired) electrons. The summed E-state index contributed by atoms with van der Waals surface area (Å²) in [7, 11) is 0. The number of aromatic nitrogens is 2. The number of ether oxygens (including phenoxy) is 1. The predicted octanol–water partition coefficient (Wildman–Crippen LogP) is 4.40. The Balaban J connectivity index is 1.66. The van der Waals surface area contributed by atoms with Crippen LogP contribution in [0.3, 0.4) is 0 Å². The molecule has 32 heavy (non-hydrogen) atoms. The lowest BCUT2D eigenvalue weighted by molar-refractivity contribution is 0.152. The van der Waals surface area contributed by atoms with Gasteiger partial charge in [-0.1, -0.05) is 32.2 Å². The molecular weight excluding hydrogens is 434 g/mol. The minimum atomic E-state index is -0.758. The van der Waals surface area contributed by atoms with Gasteiger partial charge in [-0.05, 0) is 37.8 Å². The SMILES string of the molecule is CC(C)SN1CCN(c2cnn(-c3cc(F)cc(F)c3)c(=O)c2OC2CCCCC2)CC1. The molecule has 1 saturated carbocycles. The van der Waals surface area contributed by atoms with E-state index in [1.807, 2.05) is 11.9 Å². The molecule has 2 fully saturated rings. The summed E-state index contributed by atoms with van der Waals surface area (Å²) in [4.78, 5) is 15.6. The summed E-state index contributed by atoms with van der Waals surface area (Å²) < 4.78 is 37.2. The van der Waals surface area contributed by atoms with E-state index < -0.39 is 17.2 Å². The Morgan fingerprint density at radius 1 is 1.03 bits per heavy atom. The molecule has 1 aromatic carbocycles. The Hall–Kier alpha value is -2.13. The second-order valence-corrected chi connectivity index (χ2v) is 10.3. The van der Waals surface area contributed by atoms with Crippen LogP contribution in [0.5, 0.6) is 5.75 Å². The summed E-state index contributed by atoms with van der Waals surface area (Å²) in [5.74, 6) is -1.29. The van der Waals surface area contributed by atoms with Crippen molar-refractivity contribution in [3.05, 3.63) is 46.4 Å². The quantitative estimate of drug-likeness (QED) is 0.591. The van der Waals surface area contributed by atoms with Crippen LogP contribution < -0.4 is 15.2 Å². The monoisotopic (exact) mass is 464 g/mol. The molecule has 4 rings (SSSR count). The van der Waals surface area contributed by atoms with Gasteiger partial charge in [0.15, 0.2) is 0 Å². The minimum absolute atomic E-state index is 0.0342. The Labute approximate surface area is 191 Å². The van der Waals surface area contributed by atoms with Crippen molar-refractivity contribution in [2.75, 3.05) is 31.1 Å². The lowest BCUT2D eigenvalue weighted by atomic mass is 9.98. The van der Waals surface area contributed by atoms with E-state index in [4.69, 9.17) is 4.74 Å². The highest BCUT2D eigenvalue weighted by molar-refractivity contribution is 7.97. The molecule has 1 saturated heterocycles. The Kier molecular flexibility index (Phi) is 7.35. The molecule has 6 nitrogen and oxygen atoms in total. The standard InChI is InChI=1S/C23H30F2N4O2S/c1-16(2)32-28-10-8-27(9-11-28)21-15-26-29(19-13-17(24)12-18(25)14-19)23(30)22(21)31-20-6-4-3-5-7-20/h12-16,20H,3-11H2,1-2H3. The molecule has 0 bridgehead atoms. The number of anilines is 1. The summed E-state index contributed by atoms with van der Waals surface area (Å²) in [6.07, 6.45) is 6.66. The van der Waals surface area contributed by atoms with E-state index in [0.29, 0.717) is 10.9 Å². The number of rotatable bonds is 6. The average molecular weight is 465 g/mol. The summed E-state index contributed by atoms with van der Waals surface area (Å²) in [6.45, 7) is 7.58. The largest absolute Gasteiger partial charge is 0.483 e. The van der Waals surface area contributed by atoms with Crippen LogP contribution in [0.4, 0.5) is 14.5 Å². The molecule has 1 aliphatic carbocycles. The van der Waals surface area contributed by atoms with Gasteiger partial charge in [0.05, 0.1) is 18.0 Å². The molecule has 2 aromatic rings. The van der Waals surface area contributed by atoms with Gasteiger partial charge >= 0.3 is 5.56 Å². The molecule has 0 atom stereocenters. The third kappa shape index (κ3) is 5.43. The van der Waals surface area contributed by atoms with Crippen molar-refractivity contribution in [2.45, 2.75) is 57.3 Å². The third-order valence-electron chi connectivity index (χ3n) is 5.78. The first-order valence-corrected chi connectivity index (χ1v) is 12.2. The predicted molar refractivity (Wildman–Crippen MR) is 124 cm³/mol. The lowest BCUT2D eigenvalue weighted by Gasteiger charge is -2.36. The van der Waals surface area contributed by atoms with E-state index in [1.54, 1.807) is 6.20 Å². The van der Waals surface area contributed by atoms with E-state index in [1.165, 1.54) is 6.42 Å². The fourth-order valence-corrected chi connectivity index (χ4v) is 5.26. The van der Waals surface area contributed by atoms with Crippen molar-refractivity contribution in [3.8, 4) is 11.4 Å². The van der Waals surface area contributed by atoms with Crippen LogP contribution in [0.1, 0.15) is 46.0 Å². The molecule has 2 heterocycles. The first-order chi connectivity index (χ1) is 15.4. The maximum atomic E-state index is 13.8. The van der Waals surface area contributed by atoms with Crippen molar-refractivity contribution in [3.63, 3.8) is 0 Å². The van der Waals surface area contributed by atoms with Crippen LogP contribution >= 0.6 is 11.9 Å². The summed E-state index contributed by atoms with van der Waals surface area (Å²) in [5, 5.41) is 4.78. The molecule has 0 spiro atoms. The van der Waals surface area contributed by atoms with E-state index >= 15 is 0 Å². The molecule has 1 aromatic heterocycles. The van der Waals surface area contributed by atoms with Crippen molar-refractivity contribution < 1.29 is 13.5 Å². The van der Waals surface area contributed by atoms with E-state index in [9.17, 15) is 13.6 Å². The number of hydrogen-bond donors (Lipinski definition) is 0. The summed E-state index contributed by atoms with van der Waals surface area (Å²) in [5.41, 5.74) is 0.214. The van der Waals surface area contributed by atoms with Crippen molar-refractivity contribution in [1.82, 2.24) is 14.1 Å². The number of nitrogens with zero attached hydrogens (tertiary/aromatic N) is 4. The van der Waals surface area contributed by atoms with E-state index in [0.717, 1.165) is 74.7 Å². The van der Waals surface area contributed by atoms with Crippen LogP contribution in [0.15, 0.2) is 29.2 Å². The van der Waals surface area contributed by atoms with Crippen molar-refractivity contribution >= 4 is 17.6 Å². The molecule has 9 heteroatoms. The van der Waals surface area contributed by atoms with Gasteiger partial charge < -0.3 is 9.64 Å². The van der Waals surface area contributed by atoms with Gasteiger partial charge in [0.25, 0.3) is 0 Å². The van der Waals surface area contributed by atoms with Crippen molar-refractivity contribution in [2.24, 2.45) is 0 Å². The number of hydrogen-bond acceptors (Lipinski definition) is 6. The van der Waals surface area contributed by atoms with Gasteiger partial charge in [-0.2, -0.15) is 9.78 Å². The van der Waals surface area contributed by atoms with E-state index in [2.05, 4.69) is 28.2 Å². The van der Waals surface area contributed by atoms with E-state index in [-0.39, 0.29) is 17.5 Å². The highest BCUT2D eigenvalue weighted by Gasteiger charge is 2.26. The third-order valence-corrected chi connectivity index (χ3v) is 6.87. The fraction of sp³-hybridized carbons (Fsp3) is 0.565. The fourth-order valence-electron chi connectivity index (χ4n) is 4.29. The lowest BCUT2D eigenvalue weighted by Crippen LogP contribution is -2.45. The van der Waals surface area contributed by atoms with Gasteiger partial charge in [-0.15, -0.1) is 0 Å². The van der Waals surface area contributed by atoms with Crippen LogP contribution in [-0.4, -0.2) is 51.6 Å². The molecule has 0 amide bonds. The topological polar surface area (TPSA) is 50.6 Å². The molecule has 0 unspecified atom stereocenters. The van der Waals surface area contributed by atoms with Crippen LogP contribution in [0.25, 0.3) is 5.69 Å². The Bertz CT molecular complexity index is 966. The number of benzene rings is 1. The highest BCUT2D eigenvalue weighted by Crippen LogP contribution is 2.30. The minimum Gasteiger partial charge on any atom is -0.483 e. The van der Waals surface area contributed by atoms with Gasteiger partial charge in [-0.25, -0.2) is 13.1 Å². The highest BCUT2D eigenvalue weighted by atomic mass is 32.2. The van der Waals surface area contributed by atoms with Crippen molar-refractivity contribution in [1.29, 1.82) is 0 Å². The van der Waals surface area contributed by atoms with Gasteiger partial charge in [0, 0.05) is 37.5 Å². The summed E-state index contributed by atoms with van der Waals surface area (Å²) >= 11 is 1.83. The maximum Gasteiger partial charge on any atom is 0.316 e. The van der Waals surface area contributed by atoms with Crippen LogP contribution in [0, 0.1) is 11.6 Å². The Morgan fingerprint density at radius 3 is 2.31 bits per heavy atom. The molecule has 2 aliphatic rings. The number of halogens is 2. The van der Waals surface area contributed by atoms with Gasteiger partial charge in [-0.3, -0.25) is 4.79 Å². The Morgan fingerprint density at radius 2 is 1.69 bits per heavy atom. The van der Waals surface area contributed by atoms with Gasteiger partial charge in [0.2, 0.25) is 5.75 Å². The summed E-state index contributed by atoms with van der Waals surface area (Å²) in [6, 6.07) is 2.98. The average Bonchev–Trinajstić information content (AvgIpc) is 2.75.